The highest BCUT2D eigenvalue weighted by atomic mass is 79.9. The van der Waals surface area contributed by atoms with Gasteiger partial charge in [-0.3, -0.25) is 0 Å². The van der Waals surface area contributed by atoms with Gasteiger partial charge in [0.2, 0.25) is 0 Å². The number of hydrogen-bond donors (Lipinski definition) is 2. The van der Waals surface area contributed by atoms with Crippen molar-refractivity contribution in [2.45, 2.75) is 25.3 Å². The van der Waals surface area contributed by atoms with Crippen molar-refractivity contribution in [3.63, 3.8) is 0 Å². The molecule has 1 aromatic heterocycles. The fourth-order valence-corrected chi connectivity index (χ4v) is 2.00. The smallest absolute Gasteiger partial charge is 0.169 e. The van der Waals surface area contributed by atoms with Crippen LogP contribution in [0.5, 0.6) is 0 Å². The lowest BCUT2D eigenvalue weighted by Gasteiger charge is -2.13. The second kappa shape index (κ2) is 5.14. The normalized spacial score (nSPS) is 18.0. The van der Waals surface area contributed by atoms with E-state index in [2.05, 4.69) is 21.2 Å². The maximum Gasteiger partial charge on any atom is 0.169 e. The minimum atomic E-state index is 0.148. The number of rotatable bonds is 6. The highest BCUT2D eigenvalue weighted by Gasteiger charge is 2.21. The monoisotopic (exact) mass is 272 g/mol. The Hall–Kier alpha value is -0.320. The SMILES string of the molecule is NCC(NCCC1CC1)c1ccc(Br)o1. The summed E-state index contributed by atoms with van der Waals surface area (Å²) in [6.45, 7) is 1.61. The summed E-state index contributed by atoms with van der Waals surface area (Å²) >= 11 is 3.30. The first-order valence-corrected chi connectivity index (χ1v) is 6.27. The van der Waals surface area contributed by atoms with Crippen LogP contribution in [-0.4, -0.2) is 13.1 Å². The van der Waals surface area contributed by atoms with Gasteiger partial charge in [-0.15, -0.1) is 0 Å². The second-order valence-corrected chi connectivity index (χ2v) is 4.90. The Morgan fingerprint density at radius 2 is 2.33 bits per heavy atom. The van der Waals surface area contributed by atoms with Crippen LogP contribution in [0.2, 0.25) is 0 Å². The third kappa shape index (κ3) is 3.33. The number of hydrogen-bond acceptors (Lipinski definition) is 3. The molecule has 0 aliphatic heterocycles. The zero-order chi connectivity index (χ0) is 10.7. The molecule has 4 heteroatoms. The lowest BCUT2D eigenvalue weighted by Crippen LogP contribution is -2.28. The van der Waals surface area contributed by atoms with Gasteiger partial charge >= 0.3 is 0 Å². The van der Waals surface area contributed by atoms with Gasteiger partial charge in [0.25, 0.3) is 0 Å². The van der Waals surface area contributed by atoms with E-state index in [9.17, 15) is 0 Å². The summed E-state index contributed by atoms with van der Waals surface area (Å²) in [5, 5.41) is 3.43. The first kappa shape index (κ1) is 11.2. The Bertz CT molecular complexity index is 309. The standard InChI is InChI=1S/C11H17BrN2O/c12-11-4-3-10(15-11)9(7-13)14-6-5-8-1-2-8/h3-4,8-9,14H,1-2,5-7,13H2. The van der Waals surface area contributed by atoms with Crippen molar-refractivity contribution in [1.29, 1.82) is 0 Å². The molecule has 1 heterocycles. The molecule has 2 rings (SSSR count). The third-order valence-electron chi connectivity index (χ3n) is 2.81. The molecule has 1 unspecified atom stereocenters. The van der Waals surface area contributed by atoms with Gasteiger partial charge in [-0.05, 0) is 46.9 Å². The number of halogens is 1. The summed E-state index contributed by atoms with van der Waals surface area (Å²) in [7, 11) is 0. The highest BCUT2D eigenvalue weighted by Crippen LogP contribution is 2.32. The number of nitrogens with one attached hydrogen (secondary N) is 1. The summed E-state index contributed by atoms with van der Waals surface area (Å²) in [6, 6.07) is 4.02. The van der Waals surface area contributed by atoms with E-state index in [1.807, 2.05) is 12.1 Å². The van der Waals surface area contributed by atoms with Crippen LogP contribution in [0, 0.1) is 5.92 Å². The predicted molar refractivity (Wildman–Crippen MR) is 63.5 cm³/mol. The van der Waals surface area contributed by atoms with Crippen molar-refractivity contribution in [3.05, 3.63) is 22.6 Å². The fraction of sp³-hybridized carbons (Fsp3) is 0.636. The first-order chi connectivity index (χ1) is 7.29. The van der Waals surface area contributed by atoms with Crippen LogP contribution in [0.3, 0.4) is 0 Å². The number of furan rings is 1. The lowest BCUT2D eigenvalue weighted by molar-refractivity contribution is 0.401. The molecular formula is C11H17BrN2O. The molecule has 0 spiro atoms. The molecule has 0 aromatic carbocycles. The van der Waals surface area contributed by atoms with Crippen molar-refractivity contribution in [1.82, 2.24) is 5.32 Å². The largest absolute Gasteiger partial charge is 0.453 e. The Balaban J connectivity index is 1.80. The Morgan fingerprint density at radius 3 is 2.87 bits per heavy atom. The van der Waals surface area contributed by atoms with Gasteiger partial charge < -0.3 is 15.5 Å². The van der Waals surface area contributed by atoms with Gasteiger partial charge in [-0.25, -0.2) is 0 Å². The zero-order valence-corrected chi connectivity index (χ0v) is 10.3. The molecule has 0 bridgehead atoms. The summed E-state index contributed by atoms with van der Waals surface area (Å²) in [4.78, 5) is 0. The van der Waals surface area contributed by atoms with Crippen LogP contribution >= 0.6 is 15.9 Å². The molecule has 84 valence electrons. The molecule has 0 saturated heterocycles. The topological polar surface area (TPSA) is 51.2 Å². The molecular weight excluding hydrogens is 256 g/mol. The molecule has 1 aliphatic rings. The van der Waals surface area contributed by atoms with Crippen LogP contribution in [0.4, 0.5) is 0 Å². The number of nitrogens with two attached hydrogens (primary N) is 1. The van der Waals surface area contributed by atoms with Crippen LogP contribution in [-0.2, 0) is 0 Å². The average Bonchev–Trinajstić information content (AvgIpc) is 2.96. The van der Waals surface area contributed by atoms with Gasteiger partial charge in [-0.2, -0.15) is 0 Å². The van der Waals surface area contributed by atoms with Crippen LogP contribution in [0.15, 0.2) is 21.2 Å². The molecule has 3 N–H and O–H groups in total. The van der Waals surface area contributed by atoms with Crippen LogP contribution in [0.1, 0.15) is 31.1 Å². The first-order valence-electron chi connectivity index (χ1n) is 5.48. The van der Waals surface area contributed by atoms with Gasteiger partial charge in [0, 0.05) is 6.54 Å². The molecule has 1 saturated carbocycles. The predicted octanol–water partition coefficient (Wildman–Crippen LogP) is 2.43. The van der Waals surface area contributed by atoms with Gasteiger partial charge in [0.05, 0.1) is 6.04 Å². The molecule has 1 atom stereocenters. The minimum absolute atomic E-state index is 0.148. The molecule has 15 heavy (non-hydrogen) atoms. The van der Waals surface area contributed by atoms with Crippen molar-refractivity contribution < 1.29 is 4.42 Å². The van der Waals surface area contributed by atoms with Crippen molar-refractivity contribution in [2.75, 3.05) is 13.1 Å². The molecule has 1 fully saturated rings. The van der Waals surface area contributed by atoms with Crippen molar-refractivity contribution in [2.24, 2.45) is 11.7 Å². The Kier molecular flexibility index (Phi) is 3.83. The third-order valence-corrected chi connectivity index (χ3v) is 3.24. The maximum atomic E-state index is 5.71. The Labute approximate surface area is 98.5 Å². The average molecular weight is 273 g/mol. The quantitative estimate of drug-likeness (QED) is 0.837. The highest BCUT2D eigenvalue weighted by molar-refractivity contribution is 9.10. The van der Waals surface area contributed by atoms with Crippen LogP contribution in [0.25, 0.3) is 0 Å². The summed E-state index contributed by atoms with van der Waals surface area (Å²) in [5.74, 6) is 1.87. The summed E-state index contributed by atoms with van der Waals surface area (Å²) in [6.07, 6.45) is 4.07. The van der Waals surface area contributed by atoms with E-state index in [0.717, 1.165) is 22.9 Å². The zero-order valence-electron chi connectivity index (χ0n) is 8.71. The minimum Gasteiger partial charge on any atom is -0.453 e. The fourth-order valence-electron chi connectivity index (χ4n) is 1.68. The van der Waals surface area contributed by atoms with E-state index in [4.69, 9.17) is 10.2 Å². The molecule has 0 amide bonds. The Morgan fingerprint density at radius 1 is 1.53 bits per heavy atom. The second-order valence-electron chi connectivity index (χ2n) is 4.12. The van der Waals surface area contributed by atoms with E-state index in [1.54, 1.807) is 0 Å². The summed E-state index contributed by atoms with van der Waals surface area (Å²) in [5.41, 5.74) is 5.71. The van der Waals surface area contributed by atoms with Crippen molar-refractivity contribution >= 4 is 15.9 Å². The molecule has 1 aliphatic carbocycles. The molecule has 1 aromatic rings. The van der Waals surface area contributed by atoms with E-state index < -0.39 is 0 Å². The van der Waals surface area contributed by atoms with Gasteiger partial charge in [0.15, 0.2) is 4.67 Å². The lowest BCUT2D eigenvalue weighted by atomic mass is 10.2. The van der Waals surface area contributed by atoms with Crippen LogP contribution < -0.4 is 11.1 Å². The van der Waals surface area contributed by atoms with E-state index in [0.29, 0.717) is 6.54 Å². The molecule has 3 nitrogen and oxygen atoms in total. The van der Waals surface area contributed by atoms with E-state index in [1.165, 1.54) is 19.3 Å². The van der Waals surface area contributed by atoms with Gasteiger partial charge in [-0.1, -0.05) is 12.8 Å². The van der Waals surface area contributed by atoms with Gasteiger partial charge in [0.1, 0.15) is 5.76 Å². The molecule has 0 radical (unpaired) electrons. The van der Waals surface area contributed by atoms with Crippen molar-refractivity contribution in [3.8, 4) is 0 Å². The maximum absolute atomic E-state index is 5.71. The van der Waals surface area contributed by atoms with E-state index >= 15 is 0 Å². The van der Waals surface area contributed by atoms with E-state index in [-0.39, 0.29) is 6.04 Å². The summed E-state index contributed by atoms with van der Waals surface area (Å²) < 4.78 is 6.25.